The first-order valence-electron chi connectivity index (χ1n) is 5.63. The van der Waals surface area contributed by atoms with Crippen LogP contribution in [-0.4, -0.2) is 23.0 Å². The third-order valence-corrected chi connectivity index (χ3v) is 2.18. The summed E-state index contributed by atoms with van der Waals surface area (Å²) in [6.07, 6.45) is 5.02. The molecule has 16 heavy (non-hydrogen) atoms. The Labute approximate surface area is 96.7 Å². The molecule has 0 rings (SSSR count). The molecule has 0 bridgehead atoms. The average Bonchev–Trinajstić information content (AvgIpc) is 2.14. The number of rotatable bonds is 7. The molecule has 0 radical (unpaired) electrons. The molecular weight excluding hydrogens is 206 g/mol. The summed E-state index contributed by atoms with van der Waals surface area (Å²) in [5.41, 5.74) is 0. The van der Waals surface area contributed by atoms with E-state index in [0.717, 1.165) is 31.4 Å². The molecular formula is C12H21NO3. The standard InChI is InChI=1S/C12H21NO3/c1-9(2)5-4-6-10(3)13-11(14)7-8-12(15)16/h7-10H,4-6H2,1-3H3,(H,13,14)(H,15,16)/b8-7+. The van der Waals surface area contributed by atoms with Crippen molar-refractivity contribution in [2.24, 2.45) is 5.92 Å². The van der Waals surface area contributed by atoms with Gasteiger partial charge < -0.3 is 10.4 Å². The van der Waals surface area contributed by atoms with E-state index >= 15 is 0 Å². The summed E-state index contributed by atoms with van der Waals surface area (Å²) in [5.74, 6) is -0.781. The topological polar surface area (TPSA) is 66.4 Å². The molecule has 0 saturated carbocycles. The minimum absolute atomic E-state index is 0.0877. The second-order valence-corrected chi connectivity index (χ2v) is 4.41. The van der Waals surface area contributed by atoms with E-state index in [0.29, 0.717) is 5.92 Å². The minimum Gasteiger partial charge on any atom is -0.478 e. The second-order valence-electron chi connectivity index (χ2n) is 4.41. The Bertz CT molecular complexity index is 259. The van der Waals surface area contributed by atoms with Crippen LogP contribution in [0.15, 0.2) is 12.2 Å². The van der Waals surface area contributed by atoms with Crippen molar-refractivity contribution in [1.82, 2.24) is 5.32 Å². The summed E-state index contributed by atoms with van der Waals surface area (Å²) in [5, 5.41) is 11.1. The van der Waals surface area contributed by atoms with Crippen LogP contribution in [0.5, 0.6) is 0 Å². The molecule has 0 aromatic rings. The van der Waals surface area contributed by atoms with Crippen molar-refractivity contribution < 1.29 is 14.7 Å². The lowest BCUT2D eigenvalue weighted by atomic mass is 10.0. The van der Waals surface area contributed by atoms with Gasteiger partial charge in [0.2, 0.25) is 5.91 Å². The van der Waals surface area contributed by atoms with Gasteiger partial charge in [0.25, 0.3) is 0 Å². The predicted molar refractivity (Wildman–Crippen MR) is 63.1 cm³/mol. The molecule has 2 N–H and O–H groups in total. The molecule has 0 aliphatic rings. The minimum atomic E-state index is -1.11. The zero-order valence-corrected chi connectivity index (χ0v) is 10.2. The number of amides is 1. The fourth-order valence-corrected chi connectivity index (χ4v) is 1.34. The molecule has 0 aliphatic carbocycles. The molecule has 0 fully saturated rings. The third-order valence-electron chi connectivity index (χ3n) is 2.18. The fraction of sp³-hybridized carbons (Fsp3) is 0.667. The summed E-state index contributed by atoms with van der Waals surface area (Å²) in [4.78, 5) is 21.4. The van der Waals surface area contributed by atoms with Gasteiger partial charge >= 0.3 is 5.97 Å². The van der Waals surface area contributed by atoms with Crippen LogP contribution in [0.3, 0.4) is 0 Å². The molecule has 0 aromatic heterocycles. The lowest BCUT2D eigenvalue weighted by Gasteiger charge is -2.12. The molecule has 4 nitrogen and oxygen atoms in total. The Morgan fingerprint density at radius 2 is 1.81 bits per heavy atom. The number of nitrogens with one attached hydrogen (secondary N) is 1. The van der Waals surface area contributed by atoms with E-state index in [1.807, 2.05) is 6.92 Å². The van der Waals surface area contributed by atoms with Crippen molar-refractivity contribution in [3.63, 3.8) is 0 Å². The van der Waals surface area contributed by atoms with Crippen LogP contribution in [0.25, 0.3) is 0 Å². The van der Waals surface area contributed by atoms with E-state index < -0.39 is 5.97 Å². The van der Waals surface area contributed by atoms with Gasteiger partial charge in [-0.3, -0.25) is 4.79 Å². The van der Waals surface area contributed by atoms with Crippen LogP contribution in [0.2, 0.25) is 0 Å². The maximum absolute atomic E-state index is 11.2. The molecule has 1 unspecified atom stereocenters. The van der Waals surface area contributed by atoms with E-state index in [1.165, 1.54) is 0 Å². The SMILES string of the molecule is CC(C)CCCC(C)NC(=O)/C=C/C(=O)O. The Morgan fingerprint density at radius 3 is 2.31 bits per heavy atom. The van der Waals surface area contributed by atoms with Gasteiger partial charge in [0.05, 0.1) is 0 Å². The van der Waals surface area contributed by atoms with Crippen molar-refractivity contribution in [1.29, 1.82) is 0 Å². The summed E-state index contributed by atoms with van der Waals surface area (Å²) < 4.78 is 0. The van der Waals surface area contributed by atoms with Gasteiger partial charge in [0, 0.05) is 18.2 Å². The van der Waals surface area contributed by atoms with Crippen molar-refractivity contribution in [3.8, 4) is 0 Å². The molecule has 4 heteroatoms. The van der Waals surface area contributed by atoms with E-state index in [9.17, 15) is 9.59 Å². The Hall–Kier alpha value is -1.32. The normalized spacial score (nSPS) is 13.0. The molecule has 1 atom stereocenters. The number of aliphatic carboxylic acids is 1. The molecule has 1 amide bonds. The highest BCUT2D eigenvalue weighted by Crippen LogP contribution is 2.08. The maximum atomic E-state index is 11.2. The first kappa shape index (κ1) is 14.7. The van der Waals surface area contributed by atoms with Crippen molar-refractivity contribution >= 4 is 11.9 Å². The summed E-state index contributed by atoms with van der Waals surface area (Å²) in [6, 6.07) is 0.0877. The molecule has 0 heterocycles. The first-order valence-corrected chi connectivity index (χ1v) is 5.63. The highest BCUT2D eigenvalue weighted by molar-refractivity contribution is 5.93. The van der Waals surface area contributed by atoms with E-state index in [1.54, 1.807) is 0 Å². The Balaban J connectivity index is 3.74. The number of carbonyl (C=O) groups is 2. The number of carboxylic acid groups (broad SMARTS) is 1. The number of carboxylic acids is 1. The van der Waals surface area contributed by atoms with Crippen LogP contribution in [0.4, 0.5) is 0 Å². The molecule has 0 aromatic carbocycles. The zero-order chi connectivity index (χ0) is 12.6. The smallest absolute Gasteiger partial charge is 0.328 e. The van der Waals surface area contributed by atoms with E-state index in [4.69, 9.17) is 5.11 Å². The third kappa shape index (κ3) is 9.24. The van der Waals surface area contributed by atoms with Crippen LogP contribution in [-0.2, 0) is 9.59 Å². The van der Waals surface area contributed by atoms with Gasteiger partial charge in [0.15, 0.2) is 0 Å². The highest BCUT2D eigenvalue weighted by atomic mass is 16.4. The quantitative estimate of drug-likeness (QED) is 0.653. The molecule has 92 valence electrons. The van der Waals surface area contributed by atoms with Gasteiger partial charge in [-0.15, -0.1) is 0 Å². The number of carbonyl (C=O) groups excluding carboxylic acids is 1. The predicted octanol–water partition coefficient (Wildman–Crippen LogP) is 1.96. The van der Waals surface area contributed by atoms with E-state index in [-0.39, 0.29) is 11.9 Å². The maximum Gasteiger partial charge on any atom is 0.328 e. The summed E-state index contributed by atoms with van der Waals surface area (Å²) >= 11 is 0. The van der Waals surface area contributed by atoms with Crippen LogP contribution in [0.1, 0.15) is 40.0 Å². The summed E-state index contributed by atoms with van der Waals surface area (Å²) in [7, 11) is 0. The van der Waals surface area contributed by atoms with Crippen molar-refractivity contribution in [2.75, 3.05) is 0 Å². The largest absolute Gasteiger partial charge is 0.478 e. The zero-order valence-electron chi connectivity index (χ0n) is 10.2. The second kappa shape index (κ2) is 7.91. The molecule has 0 spiro atoms. The van der Waals surface area contributed by atoms with Gasteiger partial charge in [-0.2, -0.15) is 0 Å². The summed E-state index contributed by atoms with van der Waals surface area (Å²) in [6.45, 7) is 6.25. The number of hydrogen-bond acceptors (Lipinski definition) is 2. The Morgan fingerprint density at radius 1 is 1.19 bits per heavy atom. The molecule has 0 saturated heterocycles. The highest BCUT2D eigenvalue weighted by Gasteiger charge is 2.05. The molecule has 0 aliphatic heterocycles. The average molecular weight is 227 g/mol. The van der Waals surface area contributed by atoms with E-state index in [2.05, 4.69) is 19.2 Å². The van der Waals surface area contributed by atoms with Gasteiger partial charge in [0.1, 0.15) is 0 Å². The van der Waals surface area contributed by atoms with Crippen LogP contribution in [0, 0.1) is 5.92 Å². The van der Waals surface area contributed by atoms with Gasteiger partial charge in [-0.1, -0.05) is 26.7 Å². The Kier molecular flexibility index (Phi) is 7.25. The lowest BCUT2D eigenvalue weighted by Crippen LogP contribution is -2.31. The van der Waals surface area contributed by atoms with Crippen molar-refractivity contribution in [3.05, 3.63) is 12.2 Å². The fourth-order valence-electron chi connectivity index (χ4n) is 1.34. The monoisotopic (exact) mass is 227 g/mol. The first-order chi connectivity index (χ1) is 7.41. The number of hydrogen-bond donors (Lipinski definition) is 2. The lowest BCUT2D eigenvalue weighted by molar-refractivity contribution is -0.131. The van der Waals surface area contributed by atoms with Crippen molar-refractivity contribution in [2.45, 2.75) is 46.1 Å². The van der Waals surface area contributed by atoms with Gasteiger partial charge in [-0.05, 0) is 19.3 Å². The van der Waals surface area contributed by atoms with Crippen LogP contribution >= 0.6 is 0 Å². The van der Waals surface area contributed by atoms with Crippen LogP contribution < -0.4 is 5.32 Å². The van der Waals surface area contributed by atoms with Gasteiger partial charge in [-0.25, -0.2) is 4.79 Å².